The molecule has 0 atom stereocenters. The van der Waals surface area contributed by atoms with E-state index >= 15 is 0 Å². The van der Waals surface area contributed by atoms with Crippen LogP contribution in [-0.2, 0) is 0 Å². The Kier molecular flexibility index (Phi) is 3.10. The average molecular weight is 229 g/mol. The lowest BCUT2D eigenvalue weighted by molar-refractivity contribution is 0.0656. The maximum Gasteiger partial charge on any atom is 0.272 e. The van der Waals surface area contributed by atoms with Gasteiger partial charge >= 0.3 is 0 Å². The summed E-state index contributed by atoms with van der Waals surface area (Å²) >= 11 is 0. The summed E-state index contributed by atoms with van der Waals surface area (Å²) in [6.45, 7) is 3.23. The van der Waals surface area contributed by atoms with Crippen molar-refractivity contribution in [2.24, 2.45) is 5.41 Å². The third-order valence-electron chi connectivity index (χ3n) is 3.31. The Bertz CT molecular complexity index is 441. The minimum atomic E-state index is -0.277. The van der Waals surface area contributed by atoms with Gasteiger partial charge in [0.05, 0.1) is 11.5 Å². The topological polar surface area (TPSA) is 57.0 Å². The summed E-state index contributed by atoms with van der Waals surface area (Å²) in [4.78, 5) is 17.9. The van der Waals surface area contributed by atoms with Crippen molar-refractivity contribution in [1.29, 1.82) is 5.26 Å². The zero-order chi connectivity index (χ0) is 12.3. The van der Waals surface area contributed by atoms with Crippen molar-refractivity contribution in [3.05, 3.63) is 30.1 Å². The Morgan fingerprint density at radius 3 is 2.71 bits per heavy atom. The highest BCUT2D eigenvalue weighted by Crippen LogP contribution is 2.30. The largest absolute Gasteiger partial charge is 0.337 e. The van der Waals surface area contributed by atoms with Crippen molar-refractivity contribution < 1.29 is 4.79 Å². The monoisotopic (exact) mass is 229 g/mol. The second-order valence-electron chi connectivity index (χ2n) is 4.68. The van der Waals surface area contributed by atoms with E-state index in [1.165, 1.54) is 0 Å². The molecule has 88 valence electrons. The number of hydrogen-bond donors (Lipinski definition) is 0. The van der Waals surface area contributed by atoms with E-state index in [-0.39, 0.29) is 11.3 Å². The summed E-state index contributed by atoms with van der Waals surface area (Å²) in [5, 5.41) is 9.03. The van der Waals surface area contributed by atoms with Crippen molar-refractivity contribution in [2.75, 3.05) is 13.1 Å². The number of likely N-dealkylation sites (tertiary alicyclic amines) is 1. The number of amides is 1. The highest BCUT2D eigenvalue weighted by molar-refractivity contribution is 5.92. The molecule has 0 unspecified atom stereocenters. The average Bonchev–Trinajstić information content (AvgIpc) is 2.40. The van der Waals surface area contributed by atoms with Gasteiger partial charge in [-0.15, -0.1) is 0 Å². The highest BCUT2D eigenvalue weighted by atomic mass is 16.2. The van der Waals surface area contributed by atoms with E-state index in [4.69, 9.17) is 5.26 Å². The smallest absolute Gasteiger partial charge is 0.272 e. The molecule has 0 bridgehead atoms. The molecule has 0 aromatic carbocycles. The van der Waals surface area contributed by atoms with Crippen LogP contribution in [0.4, 0.5) is 0 Å². The van der Waals surface area contributed by atoms with Gasteiger partial charge in [-0.25, -0.2) is 0 Å². The minimum absolute atomic E-state index is 0.0365. The van der Waals surface area contributed by atoms with Gasteiger partial charge in [-0.2, -0.15) is 5.26 Å². The predicted molar refractivity (Wildman–Crippen MR) is 63.1 cm³/mol. The second-order valence-corrected chi connectivity index (χ2v) is 4.68. The molecule has 1 aromatic heterocycles. The van der Waals surface area contributed by atoms with E-state index in [0.717, 1.165) is 12.8 Å². The van der Waals surface area contributed by atoms with Gasteiger partial charge in [0.2, 0.25) is 0 Å². The second kappa shape index (κ2) is 4.54. The van der Waals surface area contributed by atoms with E-state index in [1.54, 1.807) is 23.2 Å². The number of nitriles is 1. The molecule has 0 N–H and O–H groups in total. The number of pyridine rings is 1. The lowest BCUT2D eigenvalue weighted by atomic mass is 9.82. The summed E-state index contributed by atoms with van der Waals surface area (Å²) in [5.41, 5.74) is 0.203. The van der Waals surface area contributed by atoms with Gasteiger partial charge < -0.3 is 4.90 Å². The first-order valence-corrected chi connectivity index (χ1v) is 5.76. The molecule has 1 aliphatic heterocycles. The molecule has 1 saturated heterocycles. The first-order valence-electron chi connectivity index (χ1n) is 5.76. The van der Waals surface area contributed by atoms with Crippen LogP contribution in [0.25, 0.3) is 0 Å². The molecule has 4 heteroatoms. The van der Waals surface area contributed by atoms with Crippen LogP contribution in [0.1, 0.15) is 30.3 Å². The molecule has 17 heavy (non-hydrogen) atoms. The van der Waals surface area contributed by atoms with Crippen LogP contribution in [0.5, 0.6) is 0 Å². The highest BCUT2D eigenvalue weighted by Gasteiger charge is 2.32. The molecule has 0 radical (unpaired) electrons. The number of carbonyl (C=O) groups excluding carboxylic acids is 1. The van der Waals surface area contributed by atoms with Gasteiger partial charge in [0.25, 0.3) is 5.91 Å². The summed E-state index contributed by atoms with van der Waals surface area (Å²) in [5.74, 6) is -0.0365. The van der Waals surface area contributed by atoms with Gasteiger partial charge in [-0.1, -0.05) is 6.07 Å². The van der Waals surface area contributed by atoms with Crippen molar-refractivity contribution in [2.45, 2.75) is 19.8 Å². The predicted octanol–water partition coefficient (Wildman–Crippen LogP) is 1.85. The third-order valence-corrected chi connectivity index (χ3v) is 3.31. The van der Waals surface area contributed by atoms with Crippen molar-refractivity contribution in [3.63, 3.8) is 0 Å². The third kappa shape index (κ3) is 2.44. The summed E-state index contributed by atoms with van der Waals surface area (Å²) < 4.78 is 0. The SMILES string of the molecule is CC1(C#N)CCN(C(=O)c2ccccn2)CC1. The molecular formula is C13H15N3O. The van der Waals surface area contributed by atoms with Crippen molar-refractivity contribution in [3.8, 4) is 6.07 Å². The van der Waals surface area contributed by atoms with Gasteiger partial charge in [0.1, 0.15) is 5.69 Å². The Balaban J connectivity index is 2.03. The normalized spacial score (nSPS) is 18.5. The molecule has 0 saturated carbocycles. The summed E-state index contributed by atoms with van der Waals surface area (Å²) in [6.07, 6.45) is 3.10. The molecule has 1 aliphatic rings. The van der Waals surface area contributed by atoms with Crippen LogP contribution in [0.3, 0.4) is 0 Å². The maximum atomic E-state index is 12.1. The van der Waals surface area contributed by atoms with E-state index in [1.807, 2.05) is 13.0 Å². The van der Waals surface area contributed by atoms with Crippen LogP contribution < -0.4 is 0 Å². The molecule has 1 fully saturated rings. The Hall–Kier alpha value is -1.89. The molecule has 1 aromatic rings. The van der Waals surface area contributed by atoms with E-state index < -0.39 is 0 Å². The standard InChI is InChI=1S/C13H15N3O/c1-13(10-14)5-8-16(9-6-13)12(17)11-4-2-3-7-15-11/h2-4,7H,5-6,8-9H2,1H3. The molecule has 4 nitrogen and oxygen atoms in total. The number of carbonyl (C=O) groups is 1. The van der Waals surface area contributed by atoms with Gasteiger partial charge in [0, 0.05) is 19.3 Å². The minimum Gasteiger partial charge on any atom is -0.337 e. The molecule has 2 heterocycles. The molecule has 2 rings (SSSR count). The van der Waals surface area contributed by atoms with Crippen LogP contribution in [-0.4, -0.2) is 28.9 Å². The number of hydrogen-bond acceptors (Lipinski definition) is 3. The van der Waals surface area contributed by atoms with Crippen molar-refractivity contribution in [1.82, 2.24) is 9.88 Å². The van der Waals surface area contributed by atoms with Crippen LogP contribution in [0.2, 0.25) is 0 Å². The molecule has 0 aliphatic carbocycles. The molecule has 1 amide bonds. The zero-order valence-electron chi connectivity index (χ0n) is 9.89. The fourth-order valence-corrected chi connectivity index (χ4v) is 1.97. The number of nitrogens with zero attached hydrogens (tertiary/aromatic N) is 3. The number of aromatic nitrogens is 1. The Labute approximate surface area is 101 Å². The van der Waals surface area contributed by atoms with Crippen molar-refractivity contribution >= 4 is 5.91 Å². The van der Waals surface area contributed by atoms with E-state index in [9.17, 15) is 4.79 Å². The Morgan fingerprint density at radius 1 is 1.47 bits per heavy atom. The number of piperidine rings is 1. The van der Waals surface area contributed by atoms with Crippen LogP contribution in [0, 0.1) is 16.7 Å². The number of rotatable bonds is 1. The summed E-state index contributed by atoms with van der Waals surface area (Å²) in [6, 6.07) is 7.65. The summed E-state index contributed by atoms with van der Waals surface area (Å²) in [7, 11) is 0. The fraction of sp³-hybridized carbons (Fsp3) is 0.462. The molecule has 0 spiro atoms. The quantitative estimate of drug-likeness (QED) is 0.738. The van der Waals surface area contributed by atoms with E-state index in [0.29, 0.717) is 18.8 Å². The van der Waals surface area contributed by atoms with Gasteiger partial charge in [-0.05, 0) is 31.9 Å². The first-order chi connectivity index (χ1) is 8.14. The van der Waals surface area contributed by atoms with Crippen LogP contribution >= 0.6 is 0 Å². The van der Waals surface area contributed by atoms with Gasteiger partial charge in [-0.3, -0.25) is 9.78 Å². The first kappa shape index (κ1) is 11.6. The lowest BCUT2D eigenvalue weighted by Gasteiger charge is -2.34. The fourth-order valence-electron chi connectivity index (χ4n) is 1.97. The lowest BCUT2D eigenvalue weighted by Crippen LogP contribution is -2.41. The Morgan fingerprint density at radius 2 is 2.18 bits per heavy atom. The molecular weight excluding hydrogens is 214 g/mol. The van der Waals surface area contributed by atoms with E-state index in [2.05, 4.69) is 11.1 Å². The zero-order valence-corrected chi connectivity index (χ0v) is 9.89. The van der Waals surface area contributed by atoms with Crippen LogP contribution in [0.15, 0.2) is 24.4 Å². The maximum absolute atomic E-state index is 12.1. The van der Waals surface area contributed by atoms with Gasteiger partial charge in [0.15, 0.2) is 0 Å².